The highest BCUT2D eigenvalue weighted by Gasteiger charge is 2.04. The lowest BCUT2D eigenvalue weighted by Crippen LogP contribution is -2.29. The van der Waals surface area contributed by atoms with E-state index in [0.717, 1.165) is 10.2 Å². The Morgan fingerprint density at radius 1 is 1.50 bits per heavy atom. The van der Waals surface area contributed by atoms with Crippen molar-refractivity contribution in [2.24, 2.45) is 7.05 Å². The van der Waals surface area contributed by atoms with Gasteiger partial charge in [-0.1, -0.05) is 22.0 Å². The molecule has 0 unspecified atom stereocenters. The maximum Gasteiger partial charge on any atom is 0.319 e. The minimum atomic E-state index is -0.281. The molecule has 1 heterocycles. The lowest BCUT2D eigenvalue weighted by atomic mass is 10.3. The SMILES string of the molecule is Cn1cnnc1CNC(=O)Nc1cccc(Br)c1. The highest BCUT2D eigenvalue weighted by molar-refractivity contribution is 9.10. The van der Waals surface area contributed by atoms with Crippen molar-refractivity contribution < 1.29 is 4.79 Å². The van der Waals surface area contributed by atoms with Crippen LogP contribution in [0.5, 0.6) is 0 Å². The van der Waals surface area contributed by atoms with Gasteiger partial charge in [-0.15, -0.1) is 10.2 Å². The summed E-state index contributed by atoms with van der Waals surface area (Å²) in [5.41, 5.74) is 0.722. The molecule has 0 fully saturated rings. The molecule has 1 aromatic heterocycles. The first-order valence-electron chi connectivity index (χ1n) is 5.28. The predicted octanol–water partition coefficient (Wildman–Crippen LogP) is 1.90. The number of nitrogens with zero attached hydrogens (tertiary/aromatic N) is 3. The van der Waals surface area contributed by atoms with Crippen molar-refractivity contribution in [1.29, 1.82) is 0 Å². The Morgan fingerprint density at radius 3 is 3.00 bits per heavy atom. The maximum atomic E-state index is 11.6. The van der Waals surface area contributed by atoms with Crippen LogP contribution in [-0.4, -0.2) is 20.8 Å². The van der Waals surface area contributed by atoms with Crippen molar-refractivity contribution in [3.63, 3.8) is 0 Å². The van der Waals surface area contributed by atoms with Gasteiger partial charge < -0.3 is 15.2 Å². The average Bonchev–Trinajstić information content (AvgIpc) is 2.72. The van der Waals surface area contributed by atoms with Crippen LogP contribution in [0.2, 0.25) is 0 Å². The standard InChI is InChI=1S/C11H12BrN5O/c1-17-7-14-16-10(17)6-13-11(18)15-9-4-2-3-8(12)5-9/h2-5,7H,6H2,1H3,(H2,13,15,18). The molecule has 94 valence electrons. The molecule has 2 aromatic rings. The van der Waals surface area contributed by atoms with Crippen molar-refractivity contribution in [2.45, 2.75) is 6.54 Å². The van der Waals surface area contributed by atoms with Gasteiger partial charge in [-0.2, -0.15) is 0 Å². The second kappa shape index (κ2) is 5.63. The van der Waals surface area contributed by atoms with Crippen LogP contribution in [0.15, 0.2) is 35.1 Å². The molecule has 7 heteroatoms. The van der Waals surface area contributed by atoms with E-state index in [1.54, 1.807) is 10.9 Å². The van der Waals surface area contributed by atoms with Gasteiger partial charge in [0.15, 0.2) is 5.82 Å². The summed E-state index contributed by atoms with van der Waals surface area (Å²) in [5.74, 6) is 0.694. The largest absolute Gasteiger partial charge is 0.331 e. The van der Waals surface area contributed by atoms with Gasteiger partial charge in [0.2, 0.25) is 0 Å². The Bertz CT molecular complexity index is 554. The number of rotatable bonds is 3. The molecule has 18 heavy (non-hydrogen) atoms. The van der Waals surface area contributed by atoms with Gasteiger partial charge in [0.1, 0.15) is 6.33 Å². The molecule has 6 nitrogen and oxygen atoms in total. The molecular weight excluding hydrogens is 298 g/mol. The first-order valence-corrected chi connectivity index (χ1v) is 6.08. The zero-order chi connectivity index (χ0) is 13.0. The number of hydrogen-bond donors (Lipinski definition) is 2. The first-order chi connectivity index (χ1) is 8.65. The summed E-state index contributed by atoms with van der Waals surface area (Å²) in [4.78, 5) is 11.6. The second-order valence-corrected chi connectivity index (χ2v) is 4.59. The van der Waals surface area contributed by atoms with E-state index in [0.29, 0.717) is 12.4 Å². The Balaban J connectivity index is 1.88. The third kappa shape index (κ3) is 3.30. The van der Waals surface area contributed by atoms with Crippen LogP contribution in [0, 0.1) is 0 Å². The molecule has 2 amide bonds. The molecule has 0 bridgehead atoms. The Kier molecular flexibility index (Phi) is 3.93. The van der Waals surface area contributed by atoms with Crippen LogP contribution >= 0.6 is 15.9 Å². The summed E-state index contributed by atoms with van der Waals surface area (Å²) in [7, 11) is 1.82. The number of carbonyl (C=O) groups excluding carboxylic acids is 1. The fourth-order valence-corrected chi connectivity index (χ4v) is 1.77. The van der Waals surface area contributed by atoms with Crippen molar-refractivity contribution >= 4 is 27.6 Å². The van der Waals surface area contributed by atoms with Crippen molar-refractivity contribution in [3.8, 4) is 0 Å². The summed E-state index contributed by atoms with van der Waals surface area (Å²) in [6, 6.07) is 7.09. The molecule has 0 saturated heterocycles. The van der Waals surface area contributed by atoms with E-state index in [2.05, 4.69) is 36.8 Å². The third-order valence-electron chi connectivity index (χ3n) is 2.29. The lowest BCUT2D eigenvalue weighted by Gasteiger charge is -2.07. The number of aryl methyl sites for hydroxylation is 1. The van der Waals surface area contributed by atoms with Crippen molar-refractivity contribution in [3.05, 3.63) is 40.9 Å². The Morgan fingerprint density at radius 2 is 2.33 bits per heavy atom. The number of benzene rings is 1. The summed E-state index contributed by atoms with van der Waals surface area (Å²) in [6.45, 7) is 0.330. The van der Waals surface area contributed by atoms with E-state index >= 15 is 0 Å². The van der Waals surface area contributed by atoms with Crippen LogP contribution in [0.4, 0.5) is 10.5 Å². The van der Waals surface area contributed by atoms with Gasteiger partial charge >= 0.3 is 6.03 Å². The number of hydrogen-bond acceptors (Lipinski definition) is 3. The molecule has 0 aliphatic rings. The number of urea groups is 1. The molecule has 0 radical (unpaired) electrons. The number of carbonyl (C=O) groups is 1. The fourth-order valence-electron chi connectivity index (χ4n) is 1.37. The fraction of sp³-hybridized carbons (Fsp3) is 0.182. The summed E-state index contributed by atoms with van der Waals surface area (Å²) >= 11 is 3.34. The Hall–Kier alpha value is -1.89. The maximum absolute atomic E-state index is 11.6. The second-order valence-electron chi connectivity index (χ2n) is 3.68. The number of halogens is 1. The molecule has 2 rings (SSSR count). The molecule has 0 atom stereocenters. The van der Waals surface area contributed by atoms with Crippen LogP contribution in [0.25, 0.3) is 0 Å². The van der Waals surface area contributed by atoms with Crippen LogP contribution < -0.4 is 10.6 Å². The minimum Gasteiger partial charge on any atom is -0.331 e. The van der Waals surface area contributed by atoms with E-state index in [1.807, 2.05) is 31.3 Å². The predicted molar refractivity (Wildman–Crippen MR) is 71.0 cm³/mol. The van der Waals surface area contributed by atoms with E-state index in [1.165, 1.54) is 0 Å². The normalized spacial score (nSPS) is 10.1. The number of nitrogens with one attached hydrogen (secondary N) is 2. The van der Waals surface area contributed by atoms with Gasteiger partial charge in [0.05, 0.1) is 6.54 Å². The Labute approximate surface area is 113 Å². The quantitative estimate of drug-likeness (QED) is 0.909. The minimum absolute atomic E-state index is 0.281. The van der Waals surface area contributed by atoms with Gasteiger partial charge in [0, 0.05) is 17.2 Å². The summed E-state index contributed by atoms with van der Waals surface area (Å²) < 4.78 is 2.66. The van der Waals surface area contributed by atoms with E-state index in [-0.39, 0.29) is 6.03 Å². The lowest BCUT2D eigenvalue weighted by molar-refractivity contribution is 0.251. The van der Waals surface area contributed by atoms with E-state index in [4.69, 9.17) is 0 Å². The summed E-state index contributed by atoms with van der Waals surface area (Å²) in [5, 5.41) is 13.0. The van der Waals surface area contributed by atoms with Crippen LogP contribution in [0.1, 0.15) is 5.82 Å². The molecule has 0 aliphatic heterocycles. The zero-order valence-electron chi connectivity index (χ0n) is 9.72. The van der Waals surface area contributed by atoms with Crippen molar-refractivity contribution in [1.82, 2.24) is 20.1 Å². The third-order valence-corrected chi connectivity index (χ3v) is 2.79. The highest BCUT2D eigenvalue weighted by atomic mass is 79.9. The van der Waals surface area contributed by atoms with Gasteiger partial charge in [-0.05, 0) is 18.2 Å². The van der Waals surface area contributed by atoms with Gasteiger partial charge in [-0.3, -0.25) is 0 Å². The number of aromatic nitrogens is 3. The number of amides is 2. The molecule has 0 spiro atoms. The molecule has 0 aliphatic carbocycles. The highest BCUT2D eigenvalue weighted by Crippen LogP contribution is 2.15. The monoisotopic (exact) mass is 309 g/mol. The first kappa shape index (κ1) is 12.6. The van der Waals surface area contributed by atoms with E-state index in [9.17, 15) is 4.79 Å². The van der Waals surface area contributed by atoms with Gasteiger partial charge in [0.25, 0.3) is 0 Å². The topological polar surface area (TPSA) is 71.8 Å². The number of anilines is 1. The van der Waals surface area contributed by atoms with Crippen LogP contribution in [-0.2, 0) is 13.6 Å². The summed E-state index contributed by atoms with van der Waals surface area (Å²) in [6.07, 6.45) is 1.59. The zero-order valence-corrected chi connectivity index (χ0v) is 11.3. The smallest absolute Gasteiger partial charge is 0.319 e. The van der Waals surface area contributed by atoms with Gasteiger partial charge in [-0.25, -0.2) is 4.79 Å². The average molecular weight is 310 g/mol. The molecule has 2 N–H and O–H groups in total. The van der Waals surface area contributed by atoms with Crippen molar-refractivity contribution in [2.75, 3.05) is 5.32 Å². The molecule has 1 aromatic carbocycles. The van der Waals surface area contributed by atoms with Crippen LogP contribution in [0.3, 0.4) is 0 Å². The molecular formula is C11H12BrN5O. The molecule has 0 saturated carbocycles. The van der Waals surface area contributed by atoms with E-state index < -0.39 is 0 Å².